The fourth-order valence-corrected chi connectivity index (χ4v) is 5.51. The van der Waals surface area contributed by atoms with Crippen LogP contribution in [0.5, 0.6) is 5.75 Å². The average molecular weight is 605 g/mol. The van der Waals surface area contributed by atoms with Crippen molar-refractivity contribution >= 4 is 38.8 Å². The van der Waals surface area contributed by atoms with Gasteiger partial charge in [-0.05, 0) is 55.0 Å². The van der Waals surface area contributed by atoms with E-state index in [1.807, 2.05) is 0 Å². The Morgan fingerprint density at radius 3 is 2.67 bits per heavy atom. The maximum absolute atomic E-state index is 13.6. The topological polar surface area (TPSA) is 130 Å². The number of amides is 2. The van der Waals surface area contributed by atoms with Gasteiger partial charge in [0.2, 0.25) is 5.91 Å². The van der Waals surface area contributed by atoms with Crippen molar-refractivity contribution in [3.8, 4) is 28.7 Å². The lowest BCUT2D eigenvalue weighted by molar-refractivity contribution is -0.151. The van der Waals surface area contributed by atoms with E-state index in [1.54, 1.807) is 25.3 Å². The molecule has 1 aliphatic carbocycles. The number of anilines is 1. The molecule has 1 saturated heterocycles. The van der Waals surface area contributed by atoms with Crippen molar-refractivity contribution in [1.82, 2.24) is 24.8 Å². The van der Waals surface area contributed by atoms with Crippen molar-refractivity contribution < 1.29 is 28.2 Å². The molecule has 6 rings (SSSR count). The van der Waals surface area contributed by atoms with E-state index in [9.17, 15) is 23.5 Å². The number of pyridine rings is 1. The van der Waals surface area contributed by atoms with Gasteiger partial charge in [-0.3, -0.25) is 19.9 Å². The summed E-state index contributed by atoms with van der Waals surface area (Å²) < 4.78 is 32.7. The number of carbonyl (C=O) groups excluding carboxylic acids is 2. The van der Waals surface area contributed by atoms with Crippen molar-refractivity contribution in [2.75, 3.05) is 25.5 Å². The van der Waals surface area contributed by atoms with E-state index >= 15 is 0 Å². The number of fused-ring (bicyclic) bond motifs is 1. The number of hydrogen-bond donors (Lipinski definition) is 2. The first-order valence-corrected chi connectivity index (χ1v) is 14.3. The third kappa shape index (κ3) is 6.30. The molecule has 0 atom stereocenters. The summed E-state index contributed by atoms with van der Waals surface area (Å²) in [6, 6.07) is 5.92. The zero-order valence-corrected chi connectivity index (χ0v) is 24.0. The Hall–Kier alpha value is -4.54. The molecule has 1 aliphatic heterocycles. The fourth-order valence-electron chi connectivity index (χ4n) is 4.72. The number of thiazole rings is 1. The van der Waals surface area contributed by atoms with Crippen molar-refractivity contribution in [3.05, 3.63) is 59.2 Å². The van der Waals surface area contributed by atoms with Crippen LogP contribution in [-0.4, -0.2) is 67.6 Å². The standard InChI is InChI=1S/C30H26F2N6O4S/c1-30(41)14-38(15-30)24(39)10-17-6-8-19(20(9-17)21-11-22(25(31)32)33-13-23(21)42-2)27(40)37-29-36-26-28(43-29)35-18(12-34-26)7-5-16-3-4-16/h6,8-9,11-13,16,25,41H,3-4,10,14-15H2,1-2H3,(H,34,36,37,40). The summed E-state index contributed by atoms with van der Waals surface area (Å²) in [6.07, 6.45) is 2.03. The number of ether oxygens (including phenoxy) is 1. The molecule has 1 saturated carbocycles. The van der Waals surface area contributed by atoms with Gasteiger partial charge in [-0.2, -0.15) is 4.98 Å². The molecule has 43 heavy (non-hydrogen) atoms. The fraction of sp³-hybridized carbons (Fsp3) is 0.333. The smallest absolute Gasteiger partial charge is 0.280 e. The van der Waals surface area contributed by atoms with Gasteiger partial charge in [-0.15, -0.1) is 0 Å². The predicted octanol–water partition coefficient (Wildman–Crippen LogP) is 4.24. The lowest BCUT2D eigenvalue weighted by atomic mass is 9.93. The van der Waals surface area contributed by atoms with Crippen molar-refractivity contribution in [2.24, 2.45) is 5.92 Å². The average Bonchev–Trinajstić information content (AvgIpc) is 3.72. The summed E-state index contributed by atoms with van der Waals surface area (Å²) in [6.45, 7) is 2.09. The summed E-state index contributed by atoms with van der Waals surface area (Å²) in [4.78, 5) is 45.4. The predicted molar refractivity (Wildman–Crippen MR) is 155 cm³/mol. The number of carbonyl (C=O) groups is 2. The molecule has 13 heteroatoms. The molecule has 2 amide bonds. The monoisotopic (exact) mass is 604 g/mol. The summed E-state index contributed by atoms with van der Waals surface area (Å²) >= 11 is 1.13. The van der Waals surface area contributed by atoms with E-state index < -0.39 is 23.6 Å². The third-order valence-electron chi connectivity index (χ3n) is 7.05. The Kier molecular flexibility index (Phi) is 7.49. The number of halogens is 2. The first-order chi connectivity index (χ1) is 20.6. The molecule has 3 aromatic heterocycles. The SMILES string of the molecule is COc1cnc(C(F)F)cc1-c1cc(CC(=O)N2CC(C)(O)C2)ccc1C(=O)Nc1nc2ncc(C#CC3CC3)nc2s1. The van der Waals surface area contributed by atoms with Gasteiger partial charge < -0.3 is 14.7 Å². The van der Waals surface area contributed by atoms with Gasteiger partial charge in [0.05, 0.1) is 44.6 Å². The third-order valence-corrected chi connectivity index (χ3v) is 7.90. The number of methoxy groups -OCH3 is 1. The number of aromatic nitrogens is 4. The highest BCUT2D eigenvalue weighted by atomic mass is 32.1. The van der Waals surface area contributed by atoms with Gasteiger partial charge in [0.1, 0.15) is 17.1 Å². The van der Waals surface area contributed by atoms with Crippen LogP contribution in [0.3, 0.4) is 0 Å². The second-order valence-corrected chi connectivity index (χ2v) is 11.8. The molecule has 0 radical (unpaired) electrons. The molecule has 220 valence electrons. The van der Waals surface area contributed by atoms with E-state index in [0.717, 1.165) is 24.2 Å². The molecule has 2 N–H and O–H groups in total. The van der Waals surface area contributed by atoms with Gasteiger partial charge in [0.25, 0.3) is 12.3 Å². The molecule has 4 heterocycles. The molecule has 10 nitrogen and oxygen atoms in total. The highest BCUT2D eigenvalue weighted by Gasteiger charge is 2.39. The zero-order chi connectivity index (χ0) is 30.3. The minimum Gasteiger partial charge on any atom is -0.494 e. The van der Waals surface area contributed by atoms with Crippen LogP contribution in [0.15, 0.2) is 36.7 Å². The van der Waals surface area contributed by atoms with Crippen LogP contribution < -0.4 is 10.1 Å². The molecule has 2 aliphatic rings. The summed E-state index contributed by atoms with van der Waals surface area (Å²) in [7, 11) is 1.37. The van der Waals surface area contributed by atoms with E-state index in [0.29, 0.717) is 27.7 Å². The van der Waals surface area contributed by atoms with Crippen LogP contribution >= 0.6 is 11.3 Å². The highest BCUT2D eigenvalue weighted by molar-refractivity contribution is 7.21. The molecule has 2 fully saturated rings. The molecule has 1 aromatic carbocycles. The highest BCUT2D eigenvalue weighted by Crippen LogP contribution is 2.36. The van der Waals surface area contributed by atoms with E-state index in [-0.39, 0.29) is 53.0 Å². The Morgan fingerprint density at radius 2 is 1.98 bits per heavy atom. The number of nitrogens with one attached hydrogen (secondary N) is 1. The number of aliphatic hydroxyl groups is 1. The van der Waals surface area contributed by atoms with Crippen LogP contribution in [0.4, 0.5) is 13.9 Å². The molecular weight excluding hydrogens is 578 g/mol. The van der Waals surface area contributed by atoms with Crippen molar-refractivity contribution in [1.29, 1.82) is 0 Å². The number of alkyl halides is 2. The second-order valence-electron chi connectivity index (χ2n) is 10.8. The zero-order valence-electron chi connectivity index (χ0n) is 23.2. The largest absolute Gasteiger partial charge is 0.494 e. The first kappa shape index (κ1) is 28.6. The number of β-amino-alcohol motifs (C(OH)–C–C–N with tert-alkyl or cyclic N) is 1. The van der Waals surface area contributed by atoms with Crippen LogP contribution in [0.1, 0.15) is 53.5 Å². The maximum atomic E-state index is 13.6. The lowest BCUT2D eigenvalue weighted by Crippen LogP contribution is -2.62. The Bertz CT molecular complexity index is 1800. The van der Waals surface area contributed by atoms with Gasteiger partial charge >= 0.3 is 0 Å². The van der Waals surface area contributed by atoms with E-state index in [2.05, 4.69) is 37.1 Å². The minimum atomic E-state index is -2.85. The number of rotatable bonds is 7. The van der Waals surface area contributed by atoms with Crippen molar-refractivity contribution in [2.45, 2.75) is 38.2 Å². The first-order valence-electron chi connectivity index (χ1n) is 13.5. The Labute approximate surface area is 249 Å². The normalized spacial score (nSPS) is 15.5. The number of likely N-dealkylation sites (tertiary alicyclic amines) is 1. The summed E-state index contributed by atoms with van der Waals surface area (Å²) in [5.74, 6) is 5.98. The number of hydrogen-bond acceptors (Lipinski definition) is 9. The van der Waals surface area contributed by atoms with Gasteiger partial charge in [0, 0.05) is 17.0 Å². The quantitative estimate of drug-likeness (QED) is 0.300. The minimum absolute atomic E-state index is 0.0126. The summed E-state index contributed by atoms with van der Waals surface area (Å²) in [5.41, 5.74) is 0.646. The molecule has 0 spiro atoms. The van der Waals surface area contributed by atoms with E-state index in [1.165, 1.54) is 30.3 Å². The van der Waals surface area contributed by atoms with Crippen LogP contribution in [0.25, 0.3) is 21.6 Å². The van der Waals surface area contributed by atoms with E-state index in [4.69, 9.17) is 4.74 Å². The molecular formula is C30H26F2N6O4S. The van der Waals surface area contributed by atoms with Gasteiger partial charge in [-0.1, -0.05) is 23.3 Å². The molecule has 0 unspecified atom stereocenters. The number of nitrogens with zero attached hydrogens (tertiary/aromatic N) is 5. The van der Waals surface area contributed by atoms with Crippen molar-refractivity contribution in [3.63, 3.8) is 0 Å². The summed E-state index contributed by atoms with van der Waals surface area (Å²) in [5, 5.41) is 13.0. The van der Waals surface area contributed by atoms with Gasteiger partial charge in [0.15, 0.2) is 15.6 Å². The van der Waals surface area contributed by atoms with Gasteiger partial charge in [-0.25, -0.2) is 18.7 Å². The van der Waals surface area contributed by atoms with Crippen LogP contribution in [-0.2, 0) is 11.2 Å². The molecule has 0 bridgehead atoms. The molecule has 4 aromatic rings. The lowest BCUT2D eigenvalue weighted by Gasteiger charge is -2.44. The maximum Gasteiger partial charge on any atom is 0.280 e. The Balaban J connectivity index is 1.32. The van der Waals surface area contributed by atoms with Crippen LogP contribution in [0.2, 0.25) is 0 Å². The second kappa shape index (κ2) is 11.3. The number of benzene rings is 1. The van der Waals surface area contributed by atoms with Crippen LogP contribution in [0, 0.1) is 17.8 Å². The Morgan fingerprint density at radius 1 is 1.19 bits per heavy atom.